The molecule has 116 valence electrons. The van der Waals surface area contributed by atoms with Crippen molar-refractivity contribution >= 4 is 39.0 Å². The van der Waals surface area contributed by atoms with E-state index in [2.05, 4.69) is 38.8 Å². The van der Waals surface area contributed by atoms with Crippen molar-refractivity contribution in [2.75, 3.05) is 11.9 Å². The van der Waals surface area contributed by atoms with E-state index in [-0.39, 0.29) is 12.1 Å². The number of halogens is 1. The van der Waals surface area contributed by atoms with Crippen LogP contribution in [0.25, 0.3) is 0 Å². The second-order valence-electron chi connectivity index (χ2n) is 5.51. The Morgan fingerprint density at radius 2 is 2.00 bits per heavy atom. The Kier molecular flexibility index (Phi) is 5.16. The zero-order chi connectivity index (χ0) is 15.4. The monoisotopic (exact) mass is 378 g/mol. The van der Waals surface area contributed by atoms with Gasteiger partial charge in [-0.3, -0.25) is 0 Å². The van der Waals surface area contributed by atoms with Gasteiger partial charge in [0.25, 0.3) is 0 Å². The summed E-state index contributed by atoms with van der Waals surface area (Å²) in [4.78, 5) is 16.0. The third-order valence-corrected chi connectivity index (χ3v) is 5.48. The molecule has 0 spiro atoms. The smallest absolute Gasteiger partial charge is 0.317 e. The lowest BCUT2D eigenvalue weighted by molar-refractivity contribution is 0.190. The van der Waals surface area contributed by atoms with E-state index < -0.39 is 0 Å². The Labute approximate surface area is 143 Å². The number of rotatable bonds is 2. The summed E-state index contributed by atoms with van der Waals surface area (Å²) < 4.78 is 1.01. The molecule has 0 saturated carbocycles. The highest BCUT2D eigenvalue weighted by molar-refractivity contribution is 9.10. The van der Waals surface area contributed by atoms with Gasteiger partial charge in [0, 0.05) is 21.6 Å². The minimum absolute atomic E-state index is 0.00243. The van der Waals surface area contributed by atoms with E-state index in [4.69, 9.17) is 0 Å². The molecule has 1 unspecified atom stereocenters. The number of hydrogen-bond donors (Lipinski definition) is 1. The lowest BCUT2D eigenvalue weighted by Crippen LogP contribution is -2.37. The number of benzene rings is 1. The lowest BCUT2D eigenvalue weighted by Gasteiger charge is -2.29. The molecule has 1 aromatic heterocycles. The number of anilines is 1. The van der Waals surface area contributed by atoms with Gasteiger partial charge in [-0.05, 0) is 48.6 Å². The average molecular weight is 379 g/mol. The number of likely N-dealkylation sites (tertiary alicyclic amines) is 1. The first-order valence-electron chi connectivity index (χ1n) is 7.60. The van der Waals surface area contributed by atoms with Crippen LogP contribution in [0, 0.1) is 0 Å². The first kappa shape index (κ1) is 15.6. The number of carbonyl (C=O) groups excluding carboxylic acids is 1. The van der Waals surface area contributed by atoms with E-state index in [9.17, 15) is 4.79 Å². The number of hydrogen-bond acceptors (Lipinski definition) is 2. The summed E-state index contributed by atoms with van der Waals surface area (Å²) in [6, 6.07) is 12.1. The highest BCUT2D eigenvalue weighted by Gasteiger charge is 2.27. The highest BCUT2D eigenvalue weighted by atomic mass is 79.9. The fourth-order valence-corrected chi connectivity index (χ4v) is 3.99. The highest BCUT2D eigenvalue weighted by Crippen LogP contribution is 2.33. The molecule has 1 saturated heterocycles. The van der Waals surface area contributed by atoms with Crippen LogP contribution in [0.3, 0.4) is 0 Å². The summed E-state index contributed by atoms with van der Waals surface area (Å²) in [5.74, 6) is 0. The van der Waals surface area contributed by atoms with Crippen molar-refractivity contribution in [1.29, 1.82) is 0 Å². The maximum absolute atomic E-state index is 12.7. The second kappa shape index (κ2) is 7.29. The van der Waals surface area contributed by atoms with Gasteiger partial charge in [-0.25, -0.2) is 4.79 Å². The number of nitrogens with one attached hydrogen (secondary N) is 1. The number of amides is 2. The van der Waals surface area contributed by atoms with E-state index in [1.54, 1.807) is 11.3 Å². The molecule has 3 nitrogen and oxygen atoms in total. The van der Waals surface area contributed by atoms with Gasteiger partial charge in [-0.15, -0.1) is 11.3 Å². The molecule has 1 aromatic carbocycles. The van der Waals surface area contributed by atoms with E-state index in [1.165, 1.54) is 17.7 Å². The van der Waals surface area contributed by atoms with E-state index in [0.29, 0.717) is 0 Å². The minimum Gasteiger partial charge on any atom is -0.317 e. The molecule has 1 N–H and O–H groups in total. The van der Waals surface area contributed by atoms with Crippen LogP contribution in [-0.2, 0) is 0 Å². The predicted molar refractivity (Wildman–Crippen MR) is 95.4 cm³/mol. The molecular formula is C17H19BrN2OS. The first-order valence-corrected chi connectivity index (χ1v) is 9.28. The predicted octanol–water partition coefficient (Wildman–Crippen LogP) is 5.66. The Morgan fingerprint density at radius 1 is 1.18 bits per heavy atom. The first-order chi connectivity index (χ1) is 10.7. The molecule has 1 atom stereocenters. The van der Waals surface area contributed by atoms with E-state index in [1.807, 2.05) is 29.2 Å². The van der Waals surface area contributed by atoms with Crippen LogP contribution < -0.4 is 5.32 Å². The Bertz CT molecular complexity index is 612. The molecule has 2 amide bonds. The third kappa shape index (κ3) is 3.70. The van der Waals surface area contributed by atoms with Crippen molar-refractivity contribution in [3.05, 3.63) is 51.1 Å². The number of urea groups is 1. The lowest BCUT2D eigenvalue weighted by atomic mass is 10.1. The molecule has 22 heavy (non-hydrogen) atoms. The summed E-state index contributed by atoms with van der Waals surface area (Å²) in [7, 11) is 0. The fraction of sp³-hybridized carbons (Fsp3) is 0.353. The van der Waals surface area contributed by atoms with Gasteiger partial charge in [-0.2, -0.15) is 0 Å². The van der Waals surface area contributed by atoms with Gasteiger partial charge in [-0.1, -0.05) is 34.8 Å². The largest absolute Gasteiger partial charge is 0.322 e. The Hall–Kier alpha value is -1.33. The third-order valence-electron chi connectivity index (χ3n) is 3.98. The van der Waals surface area contributed by atoms with Crippen LogP contribution in [-0.4, -0.2) is 17.5 Å². The summed E-state index contributed by atoms with van der Waals surface area (Å²) in [5, 5.41) is 5.12. The Morgan fingerprint density at radius 3 is 2.73 bits per heavy atom. The Balaban J connectivity index is 1.76. The van der Waals surface area contributed by atoms with Crippen LogP contribution in [0.4, 0.5) is 10.5 Å². The molecule has 0 aliphatic carbocycles. The van der Waals surface area contributed by atoms with Gasteiger partial charge in [0.2, 0.25) is 0 Å². The van der Waals surface area contributed by atoms with Crippen molar-refractivity contribution in [3.63, 3.8) is 0 Å². The van der Waals surface area contributed by atoms with Gasteiger partial charge in [0.15, 0.2) is 0 Å². The SMILES string of the molecule is O=C(Nc1ccc(Br)cc1)N1CCCCCC1c1cccs1. The van der Waals surface area contributed by atoms with Gasteiger partial charge in [0.05, 0.1) is 6.04 Å². The van der Waals surface area contributed by atoms with Crippen LogP contribution in [0.2, 0.25) is 0 Å². The molecule has 1 aliphatic heterocycles. The molecular weight excluding hydrogens is 360 g/mol. The maximum Gasteiger partial charge on any atom is 0.322 e. The zero-order valence-corrected chi connectivity index (χ0v) is 14.7. The summed E-state index contributed by atoms with van der Waals surface area (Å²) in [5.41, 5.74) is 0.836. The summed E-state index contributed by atoms with van der Waals surface area (Å²) in [6.07, 6.45) is 4.51. The maximum atomic E-state index is 12.7. The van der Waals surface area contributed by atoms with Crippen molar-refractivity contribution < 1.29 is 4.79 Å². The van der Waals surface area contributed by atoms with Crippen molar-refractivity contribution in [1.82, 2.24) is 4.90 Å². The summed E-state index contributed by atoms with van der Waals surface area (Å²) in [6.45, 7) is 0.824. The van der Waals surface area contributed by atoms with Crippen molar-refractivity contribution in [3.8, 4) is 0 Å². The minimum atomic E-state index is 0.00243. The van der Waals surface area contributed by atoms with Crippen molar-refractivity contribution in [2.24, 2.45) is 0 Å². The van der Waals surface area contributed by atoms with Crippen LogP contribution in [0.15, 0.2) is 46.3 Å². The quantitative estimate of drug-likeness (QED) is 0.718. The molecule has 5 heteroatoms. The van der Waals surface area contributed by atoms with Crippen LogP contribution in [0.5, 0.6) is 0 Å². The molecule has 1 aliphatic rings. The normalized spacial score (nSPS) is 18.8. The van der Waals surface area contributed by atoms with E-state index in [0.717, 1.165) is 29.5 Å². The van der Waals surface area contributed by atoms with Gasteiger partial charge < -0.3 is 10.2 Å². The molecule has 0 radical (unpaired) electrons. The topological polar surface area (TPSA) is 32.3 Å². The fourth-order valence-electron chi connectivity index (χ4n) is 2.86. The van der Waals surface area contributed by atoms with Crippen LogP contribution in [0.1, 0.15) is 36.6 Å². The average Bonchev–Trinajstić information content (AvgIpc) is 2.94. The number of carbonyl (C=O) groups is 1. The molecule has 3 rings (SSSR count). The van der Waals surface area contributed by atoms with Crippen molar-refractivity contribution in [2.45, 2.75) is 31.7 Å². The van der Waals surface area contributed by atoms with Gasteiger partial charge >= 0.3 is 6.03 Å². The number of nitrogens with zero attached hydrogens (tertiary/aromatic N) is 1. The van der Waals surface area contributed by atoms with E-state index >= 15 is 0 Å². The molecule has 2 aromatic rings. The summed E-state index contributed by atoms with van der Waals surface area (Å²) >= 11 is 5.15. The number of thiophene rings is 1. The van der Waals surface area contributed by atoms with Crippen LogP contribution >= 0.6 is 27.3 Å². The molecule has 0 bridgehead atoms. The molecule has 1 fully saturated rings. The standard InChI is InChI=1S/C17H19BrN2OS/c18-13-7-9-14(10-8-13)19-17(21)20-11-3-1-2-5-15(20)16-6-4-12-22-16/h4,6-10,12,15H,1-3,5,11H2,(H,19,21). The van der Waals surface area contributed by atoms with Gasteiger partial charge in [0.1, 0.15) is 0 Å². The molecule has 2 heterocycles. The second-order valence-corrected chi connectivity index (χ2v) is 7.41. The zero-order valence-electron chi connectivity index (χ0n) is 12.3.